The predicted octanol–water partition coefficient (Wildman–Crippen LogP) is 4.77. The summed E-state index contributed by atoms with van der Waals surface area (Å²) in [7, 11) is 0. The van der Waals surface area contributed by atoms with Gasteiger partial charge in [-0.1, -0.05) is 41.0 Å². The normalized spacial score (nSPS) is 18.6. The second-order valence-corrected chi connectivity index (χ2v) is 11.5. The van der Waals surface area contributed by atoms with Crippen molar-refractivity contribution in [2.75, 3.05) is 19.6 Å². The number of aliphatic hydroxyl groups excluding tert-OH is 1. The summed E-state index contributed by atoms with van der Waals surface area (Å²) in [6.45, 7) is 2.74. The van der Waals surface area contributed by atoms with Crippen LogP contribution in [0.5, 0.6) is 5.75 Å². The fourth-order valence-corrected chi connectivity index (χ4v) is 5.64. The molecule has 2 aliphatic heterocycles. The van der Waals surface area contributed by atoms with Crippen molar-refractivity contribution in [1.29, 1.82) is 0 Å². The van der Waals surface area contributed by atoms with Crippen LogP contribution < -0.4 is 10.1 Å². The number of ether oxygens (including phenoxy) is 1. The van der Waals surface area contributed by atoms with Gasteiger partial charge in [-0.05, 0) is 73.8 Å². The van der Waals surface area contributed by atoms with Crippen LogP contribution in [0.25, 0.3) is 10.4 Å². The topological polar surface area (TPSA) is 83.4 Å². The van der Waals surface area contributed by atoms with Crippen molar-refractivity contribution < 1.29 is 19.5 Å². The number of aliphatic hydroxyl groups is 1. The number of carbonyl (C=O) groups is 1. The summed E-state index contributed by atoms with van der Waals surface area (Å²) < 4.78 is 6.56. The third-order valence-electron chi connectivity index (χ3n) is 6.96. The molecular formula is C28H28ClN3O4S. The van der Waals surface area contributed by atoms with Crippen molar-refractivity contribution in [2.24, 2.45) is 5.16 Å². The molecule has 2 atom stereocenters. The first-order valence-electron chi connectivity index (χ1n) is 12.6. The van der Waals surface area contributed by atoms with E-state index >= 15 is 0 Å². The number of hydrogen-bond acceptors (Lipinski definition) is 7. The molecule has 2 fully saturated rings. The Morgan fingerprint density at radius 3 is 2.68 bits per heavy atom. The van der Waals surface area contributed by atoms with E-state index < -0.39 is 12.1 Å². The van der Waals surface area contributed by atoms with E-state index in [-0.39, 0.29) is 18.2 Å². The maximum Gasteiger partial charge on any atom is 0.274 e. The molecule has 192 valence electrons. The summed E-state index contributed by atoms with van der Waals surface area (Å²) in [5.74, 6) is 0.433. The Kier molecular flexibility index (Phi) is 6.90. The Morgan fingerprint density at radius 2 is 2.00 bits per heavy atom. The van der Waals surface area contributed by atoms with Crippen LogP contribution in [-0.4, -0.2) is 53.4 Å². The molecule has 1 saturated carbocycles. The summed E-state index contributed by atoms with van der Waals surface area (Å²) in [4.78, 5) is 22.2. The number of likely N-dealkylation sites (tertiary alicyclic amines) is 1. The lowest BCUT2D eigenvalue weighted by molar-refractivity contribution is -0.116. The fraction of sp³-hybridized carbons (Fsp3) is 0.357. The van der Waals surface area contributed by atoms with Crippen LogP contribution in [0.4, 0.5) is 0 Å². The molecule has 0 bridgehead atoms. The van der Waals surface area contributed by atoms with Gasteiger partial charge in [0.15, 0.2) is 5.71 Å². The van der Waals surface area contributed by atoms with Gasteiger partial charge in [-0.3, -0.25) is 4.79 Å². The lowest BCUT2D eigenvalue weighted by Gasteiger charge is -2.36. The molecular weight excluding hydrogens is 510 g/mol. The lowest BCUT2D eigenvalue weighted by atomic mass is 9.97. The third kappa shape index (κ3) is 5.52. The van der Waals surface area contributed by atoms with Crippen LogP contribution in [0.1, 0.15) is 42.1 Å². The molecule has 1 amide bonds. The minimum Gasteiger partial charge on any atom is -0.490 e. The molecule has 7 nitrogen and oxygen atoms in total. The second-order valence-electron chi connectivity index (χ2n) is 9.75. The van der Waals surface area contributed by atoms with Crippen LogP contribution in [0.15, 0.2) is 59.8 Å². The Bertz CT molecular complexity index is 1320. The Morgan fingerprint density at radius 1 is 1.19 bits per heavy atom. The Hall–Kier alpha value is -2.91. The molecule has 0 spiro atoms. The molecule has 2 N–H and O–H groups in total. The average Bonchev–Trinajstić information content (AvgIpc) is 3.60. The minimum absolute atomic E-state index is 0.214. The van der Waals surface area contributed by atoms with E-state index in [2.05, 4.69) is 15.4 Å². The zero-order valence-electron chi connectivity index (χ0n) is 20.2. The van der Waals surface area contributed by atoms with Crippen LogP contribution in [0.2, 0.25) is 4.34 Å². The fourth-order valence-electron chi connectivity index (χ4n) is 4.60. The number of oxime groups is 1. The van der Waals surface area contributed by atoms with E-state index in [1.807, 2.05) is 54.6 Å². The second kappa shape index (κ2) is 10.5. The van der Waals surface area contributed by atoms with Crippen molar-refractivity contribution in [3.8, 4) is 16.2 Å². The standard InChI is InChI=1S/C28H28ClN3O4S/c29-25-11-10-24(37-25)18-4-9-22-19(14-18)16-35-31-26(22)28(34)30-23(15-32-12-1-13-32)27(33)17-2-5-20(6-3-17)36-21-7-8-21/h2-6,9-11,14,21,23,27,33H,1,7-8,12-13,15-16H2,(H,30,34). The number of carbonyl (C=O) groups excluding carboxylic acids is 1. The van der Waals surface area contributed by atoms with Crippen LogP contribution in [0, 0.1) is 0 Å². The number of amides is 1. The van der Waals surface area contributed by atoms with Crippen molar-refractivity contribution in [3.63, 3.8) is 0 Å². The largest absolute Gasteiger partial charge is 0.490 e. The van der Waals surface area contributed by atoms with Crippen molar-refractivity contribution in [3.05, 3.63) is 75.6 Å². The lowest BCUT2D eigenvalue weighted by Crippen LogP contribution is -2.52. The molecule has 6 rings (SSSR count). The Balaban J connectivity index is 1.19. The van der Waals surface area contributed by atoms with Gasteiger partial charge in [0.1, 0.15) is 18.5 Å². The predicted molar refractivity (Wildman–Crippen MR) is 144 cm³/mol. The maximum atomic E-state index is 13.4. The molecule has 2 aromatic carbocycles. The van der Waals surface area contributed by atoms with Gasteiger partial charge in [0, 0.05) is 22.5 Å². The Labute approximate surface area is 224 Å². The number of halogens is 1. The van der Waals surface area contributed by atoms with E-state index in [0.29, 0.717) is 12.6 Å². The van der Waals surface area contributed by atoms with E-state index in [1.54, 1.807) is 0 Å². The van der Waals surface area contributed by atoms with Gasteiger partial charge >= 0.3 is 0 Å². The number of rotatable bonds is 9. The van der Waals surface area contributed by atoms with E-state index in [9.17, 15) is 9.90 Å². The van der Waals surface area contributed by atoms with Gasteiger partial charge in [-0.25, -0.2) is 0 Å². The highest BCUT2D eigenvalue weighted by molar-refractivity contribution is 7.19. The first kappa shape index (κ1) is 24.4. The number of nitrogens with one attached hydrogen (secondary N) is 1. The highest BCUT2D eigenvalue weighted by Crippen LogP contribution is 2.33. The van der Waals surface area contributed by atoms with E-state index in [4.69, 9.17) is 21.2 Å². The molecule has 9 heteroatoms. The molecule has 1 aliphatic carbocycles. The summed E-state index contributed by atoms with van der Waals surface area (Å²) in [5, 5.41) is 18.4. The number of fused-ring (bicyclic) bond motifs is 1. The van der Waals surface area contributed by atoms with Crippen molar-refractivity contribution in [2.45, 2.75) is 44.1 Å². The molecule has 1 aromatic heterocycles. The van der Waals surface area contributed by atoms with Crippen LogP contribution >= 0.6 is 22.9 Å². The van der Waals surface area contributed by atoms with Gasteiger partial charge in [0.05, 0.1) is 16.5 Å². The van der Waals surface area contributed by atoms with Gasteiger partial charge in [0.2, 0.25) is 0 Å². The zero-order chi connectivity index (χ0) is 25.4. The molecule has 37 heavy (non-hydrogen) atoms. The van der Waals surface area contributed by atoms with E-state index in [0.717, 1.165) is 69.6 Å². The van der Waals surface area contributed by atoms with E-state index in [1.165, 1.54) is 11.3 Å². The van der Waals surface area contributed by atoms with Crippen LogP contribution in [-0.2, 0) is 16.2 Å². The molecule has 3 aromatic rings. The first-order chi connectivity index (χ1) is 18.0. The van der Waals surface area contributed by atoms with Crippen LogP contribution in [0.3, 0.4) is 0 Å². The SMILES string of the molecule is O=C(NC(CN1CCC1)C(O)c1ccc(OC2CC2)cc1)C1=NOCc2cc(-c3ccc(Cl)s3)ccc21. The quantitative estimate of drug-likeness (QED) is 0.411. The van der Waals surface area contributed by atoms with Gasteiger partial charge in [0.25, 0.3) is 5.91 Å². The third-order valence-corrected chi connectivity index (χ3v) is 8.24. The number of benzene rings is 2. The molecule has 0 radical (unpaired) electrons. The highest BCUT2D eigenvalue weighted by atomic mass is 35.5. The monoisotopic (exact) mass is 537 g/mol. The number of nitrogens with zero attached hydrogens (tertiary/aromatic N) is 2. The number of thiophene rings is 1. The van der Waals surface area contributed by atoms with Gasteiger partial charge in [-0.2, -0.15) is 0 Å². The molecule has 3 aliphatic rings. The van der Waals surface area contributed by atoms with Crippen molar-refractivity contribution in [1.82, 2.24) is 10.2 Å². The van der Waals surface area contributed by atoms with Gasteiger partial charge < -0.3 is 24.9 Å². The summed E-state index contributed by atoms with van der Waals surface area (Å²) >= 11 is 7.61. The summed E-state index contributed by atoms with van der Waals surface area (Å²) in [6, 6.07) is 16.7. The first-order valence-corrected chi connectivity index (χ1v) is 13.8. The minimum atomic E-state index is -0.880. The molecule has 1 saturated heterocycles. The van der Waals surface area contributed by atoms with Crippen molar-refractivity contribution >= 4 is 34.6 Å². The summed E-state index contributed by atoms with van der Waals surface area (Å²) in [5.41, 5.74) is 3.57. The smallest absolute Gasteiger partial charge is 0.274 e. The van der Waals surface area contributed by atoms with Gasteiger partial charge in [-0.15, -0.1) is 11.3 Å². The number of hydrogen-bond donors (Lipinski definition) is 2. The summed E-state index contributed by atoms with van der Waals surface area (Å²) in [6.07, 6.45) is 2.74. The molecule has 2 unspecified atom stereocenters. The average molecular weight is 538 g/mol. The molecule has 3 heterocycles. The maximum absolute atomic E-state index is 13.4. The highest BCUT2D eigenvalue weighted by Gasteiger charge is 2.31. The zero-order valence-corrected chi connectivity index (χ0v) is 21.8.